The zero-order valence-corrected chi connectivity index (χ0v) is 4.52. The fourth-order valence-electron chi connectivity index (χ4n) is 0.414. The third kappa shape index (κ3) is 0.545. The molecular formula is C5H6Si. The van der Waals surface area contributed by atoms with Crippen molar-refractivity contribution in [3.63, 3.8) is 0 Å². The van der Waals surface area contributed by atoms with Gasteiger partial charge in [-0.1, -0.05) is 23.6 Å². The van der Waals surface area contributed by atoms with Crippen LogP contribution in [0.15, 0.2) is 23.6 Å². The lowest BCUT2D eigenvalue weighted by atomic mass is 10.6. The maximum atomic E-state index is 3.87. The van der Waals surface area contributed by atoms with Crippen molar-refractivity contribution in [2.75, 3.05) is 0 Å². The maximum absolute atomic E-state index is 3.87. The molecular weight excluding hydrogens is 88.1 g/mol. The topological polar surface area (TPSA) is 0 Å². The van der Waals surface area contributed by atoms with Gasteiger partial charge in [0.1, 0.15) is 0 Å². The van der Waals surface area contributed by atoms with Crippen molar-refractivity contribution >= 4 is 14.6 Å². The Balaban J connectivity index is 2.86. The van der Waals surface area contributed by atoms with Crippen LogP contribution >= 0.6 is 0 Å². The summed E-state index contributed by atoms with van der Waals surface area (Å²) in [5.41, 5.74) is 4.31. The molecule has 0 unspecified atom stereocenters. The summed E-state index contributed by atoms with van der Waals surface area (Å²) in [6.07, 6.45) is 7.98. The van der Waals surface area contributed by atoms with Gasteiger partial charge in [-0.3, -0.25) is 0 Å². The van der Waals surface area contributed by atoms with Gasteiger partial charge in [0.15, 0.2) is 0 Å². The molecule has 1 heteroatoms. The molecule has 0 aromatic rings. The van der Waals surface area contributed by atoms with Crippen LogP contribution in [0.3, 0.4) is 0 Å². The van der Waals surface area contributed by atoms with Gasteiger partial charge >= 0.3 is 0 Å². The van der Waals surface area contributed by atoms with Gasteiger partial charge in [0, 0.05) is 0 Å². The molecule has 1 aliphatic heterocycles. The molecule has 0 nitrogen and oxygen atoms in total. The van der Waals surface area contributed by atoms with Crippen LogP contribution in [0.25, 0.3) is 0 Å². The zero-order valence-electron chi connectivity index (χ0n) is 3.52. The summed E-state index contributed by atoms with van der Waals surface area (Å²) in [7, 11) is -0.368. The molecule has 0 aromatic carbocycles. The fourth-order valence-corrected chi connectivity index (χ4v) is 1.24. The molecule has 0 saturated heterocycles. The van der Waals surface area contributed by atoms with Crippen molar-refractivity contribution in [2.24, 2.45) is 0 Å². The van der Waals surface area contributed by atoms with Gasteiger partial charge < -0.3 is 0 Å². The van der Waals surface area contributed by atoms with Crippen molar-refractivity contribution in [2.45, 2.75) is 0 Å². The Morgan fingerprint density at radius 1 is 1.17 bits per heavy atom. The van der Waals surface area contributed by atoms with Gasteiger partial charge in [-0.15, -0.1) is 6.17 Å². The summed E-state index contributed by atoms with van der Waals surface area (Å²) in [5, 5.41) is 0. The van der Waals surface area contributed by atoms with Crippen LogP contribution in [0.2, 0.25) is 0 Å². The summed E-state index contributed by atoms with van der Waals surface area (Å²) < 4.78 is 0. The highest BCUT2D eigenvalue weighted by molar-refractivity contribution is 6.72. The fraction of sp³-hybridized carbons (Fsp3) is 0. The molecule has 0 aromatic heterocycles. The highest BCUT2D eigenvalue weighted by atomic mass is 28.2. The monoisotopic (exact) mass is 94.0 g/mol. The number of allylic oxidation sites excluding steroid dienone is 2. The van der Waals surface area contributed by atoms with Gasteiger partial charge in [-0.2, -0.15) is 0 Å². The minimum Gasteiger partial charge on any atom is -0.111 e. The molecule has 0 radical (unpaired) electrons. The first-order valence-electron chi connectivity index (χ1n) is 1.93. The van der Waals surface area contributed by atoms with E-state index in [4.69, 9.17) is 0 Å². The van der Waals surface area contributed by atoms with Crippen molar-refractivity contribution < 1.29 is 0 Å². The van der Waals surface area contributed by atoms with Gasteiger partial charge in [-0.25, -0.2) is 0 Å². The van der Waals surface area contributed by atoms with Crippen LogP contribution in [-0.2, 0) is 0 Å². The van der Waals surface area contributed by atoms with Crippen molar-refractivity contribution in [1.29, 1.82) is 0 Å². The van der Waals surface area contributed by atoms with E-state index < -0.39 is 0 Å². The van der Waals surface area contributed by atoms with Gasteiger partial charge in [0.2, 0.25) is 0 Å². The van der Waals surface area contributed by atoms with E-state index in [0.29, 0.717) is 0 Å². The smallest absolute Gasteiger partial charge is 0.0569 e. The first-order chi connectivity index (χ1) is 2.89. The van der Waals surface area contributed by atoms with E-state index in [0.717, 1.165) is 0 Å². The Labute approximate surface area is 39.0 Å². The quantitative estimate of drug-likeness (QED) is 0.388. The molecule has 30 valence electrons. The van der Waals surface area contributed by atoms with Crippen molar-refractivity contribution in [3.05, 3.63) is 23.6 Å². The summed E-state index contributed by atoms with van der Waals surface area (Å²) >= 11 is 0. The molecule has 0 spiro atoms. The molecule has 6 heavy (non-hydrogen) atoms. The molecule has 0 N–H and O–H groups in total. The van der Waals surface area contributed by atoms with Crippen molar-refractivity contribution in [1.82, 2.24) is 0 Å². The lowest BCUT2D eigenvalue weighted by molar-refractivity contribution is 2.15. The molecule has 1 rings (SSSR count). The van der Waals surface area contributed by atoms with Gasteiger partial charge in [0.25, 0.3) is 0 Å². The molecule has 0 fully saturated rings. The largest absolute Gasteiger partial charge is 0.111 e. The summed E-state index contributed by atoms with van der Waals surface area (Å²) in [6, 6.07) is 0. The lowest BCUT2D eigenvalue weighted by Crippen LogP contribution is -1.81. The van der Waals surface area contributed by atoms with E-state index in [1.807, 2.05) is 0 Å². The van der Waals surface area contributed by atoms with Crippen LogP contribution in [0, 0.1) is 0 Å². The van der Waals surface area contributed by atoms with Gasteiger partial charge in [0.05, 0.1) is 8.41 Å². The van der Waals surface area contributed by atoms with E-state index in [9.17, 15) is 0 Å². The molecule has 0 aliphatic carbocycles. The second kappa shape index (κ2) is 1.35. The Hall–Kier alpha value is -0.433. The molecule has 0 amide bonds. The van der Waals surface area contributed by atoms with Crippen LogP contribution in [0.5, 0.6) is 0 Å². The van der Waals surface area contributed by atoms with E-state index in [-0.39, 0.29) is 8.41 Å². The minimum atomic E-state index is -0.368. The zero-order chi connectivity index (χ0) is 4.41. The average molecular weight is 94.2 g/mol. The molecule has 1 heterocycles. The van der Waals surface area contributed by atoms with E-state index >= 15 is 0 Å². The van der Waals surface area contributed by atoms with Crippen molar-refractivity contribution in [3.8, 4) is 0 Å². The minimum absolute atomic E-state index is 0.368. The van der Waals surface area contributed by atoms with Crippen LogP contribution in [-0.4, -0.2) is 14.6 Å². The standard InChI is InChI=1S/C5H6Si/c1-6-4-2-3-5-6/h2-5H,1H2. The number of rotatable bonds is 0. The molecule has 0 atom stereocenters. The van der Waals surface area contributed by atoms with E-state index in [1.165, 1.54) is 0 Å². The average Bonchev–Trinajstić information content (AvgIpc) is 1.86. The summed E-state index contributed by atoms with van der Waals surface area (Å²) in [4.78, 5) is 0. The first-order valence-corrected chi connectivity index (χ1v) is 3.79. The molecule has 0 bridgehead atoms. The van der Waals surface area contributed by atoms with E-state index in [2.05, 4.69) is 29.7 Å². The highest BCUT2D eigenvalue weighted by Gasteiger charge is 1.82. The third-order valence-electron chi connectivity index (χ3n) is 0.732. The Bertz CT molecular complexity index is 106. The number of hydrogen-bond donors (Lipinski definition) is 0. The predicted molar refractivity (Wildman–Crippen MR) is 31.2 cm³/mol. The van der Waals surface area contributed by atoms with Crippen LogP contribution in [0.4, 0.5) is 0 Å². The SMILES string of the molecule is C=[Si]1C=CC=C1. The summed E-state index contributed by atoms with van der Waals surface area (Å²) in [6.45, 7) is 0. The number of hydrogen-bond acceptors (Lipinski definition) is 0. The third-order valence-corrected chi connectivity index (χ3v) is 1.97. The summed E-state index contributed by atoms with van der Waals surface area (Å²) in [5.74, 6) is 0. The first kappa shape index (κ1) is 3.75. The lowest BCUT2D eigenvalue weighted by Gasteiger charge is -1.68. The second-order valence-electron chi connectivity index (χ2n) is 1.29. The highest BCUT2D eigenvalue weighted by Crippen LogP contribution is 1.86. The van der Waals surface area contributed by atoms with Gasteiger partial charge in [-0.05, 0) is 0 Å². The van der Waals surface area contributed by atoms with E-state index in [1.54, 1.807) is 0 Å². The Morgan fingerprint density at radius 3 is 1.83 bits per heavy atom. The molecule has 0 saturated carbocycles. The molecule has 1 aliphatic rings. The predicted octanol–water partition coefficient (Wildman–Crippen LogP) is 0.699. The second-order valence-corrected chi connectivity index (χ2v) is 3.11. The Kier molecular flexibility index (Phi) is 0.841. The van der Waals surface area contributed by atoms with Crippen LogP contribution < -0.4 is 0 Å². The Morgan fingerprint density at radius 2 is 1.67 bits per heavy atom. The van der Waals surface area contributed by atoms with Crippen LogP contribution in [0.1, 0.15) is 0 Å². The maximum Gasteiger partial charge on any atom is 0.0569 e. The normalized spacial score (nSPS) is 17.0.